The molecule has 0 atom stereocenters. The smallest absolute Gasteiger partial charge is 0.248 e. The van der Waals surface area contributed by atoms with Gasteiger partial charge >= 0.3 is 0 Å². The van der Waals surface area contributed by atoms with Crippen molar-refractivity contribution in [3.05, 3.63) is 70.5 Å². The average molecular weight is 346 g/mol. The second-order valence-electron chi connectivity index (χ2n) is 7.13. The molecule has 26 heavy (non-hydrogen) atoms. The molecule has 0 saturated heterocycles. The summed E-state index contributed by atoms with van der Waals surface area (Å²) in [6.45, 7) is 3.91. The summed E-state index contributed by atoms with van der Waals surface area (Å²) in [5, 5.41) is 9.04. The van der Waals surface area contributed by atoms with Crippen LogP contribution in [0, 0.1) is 13.8 Å². The highest BCUT2D eigenvalue weighted by atomic mass is 16.1. The zero-order valence-corrected chi connectivity index (χ0v) is 15.3. The number of hydrogen-bond acceptors (Lipinski definition) is 3. The summed E-state index contributed by atoms with van der Waals surface area (Å²) in [4.78, 5) is 11.6. The summed E-state index contributed by atoms with van der Waals surface area (Å²) in [5.41, 5.74) is 10.2. The van der Waals surface area contributed by atoms with Crippen molar-refractivity contribution in [3.63, 3.8) is 0 Å². The van der Waals surface area contributed by atoms with Gasteiger partial charge in [0.25, 0.3) is 0 Å². The Morgan fingerprint density at radius 1 is 1.04 bits per heavy atom. The first-order valence-electron chi connectivity index (χ1n) is 8.81. The van der Waals surface area contributed by atoms with Crippen molar-refractivity contribution >= 4 is 5.91 Å². The molecule has 1 saturated carbocycles. The lowest BCUT2D eigenvalue weighted by Gasteiger charge is -2.16. The first-order chi connectivity index (χ1) is 12.5. The van der Waals surface area contributed by atoms with E-state index in [1.54, 1.807) is 6.07 Å². The molecule has 2 aromatic carbocycles. The summed E-state index contributed by atoms with van der Waals surface area (Å²) >= 11 is 0. The van der Waals surface area contributed by atoms with E-state index in [1.807, 2.05) is 33.0 Å². The summed E-state index contributed by atoms with van der Waals surface area (Å²) in [7, 11) is 2.02. The van der Waals surface area contributed by atoms with E-state index in [2.05, 4.69) is 39.0 Å². The largest absolute Gasteiger partial charge is 0.366 e. The number of nitrogens with two attached hydrogens (primary N) is 1. The summed E-state index contributed by atoms with van der Waals surface area (Å²) < 4.78 is 2.09. The molecule has 5 nitrogen and oxygen atoms in total. The van der Waals surface area contributed by atoms with E-state index >= 15 is 0 Å². The van der Waals surface area contributed by atoms with Gasteiger partial charge in [-0.15, -0.1) is 10.2 Å². The first kappa shape index (κ1) is 16.5. The molecule has 0 unspecified atom stereocenters. The van der Waals surface area contributed by atoms with Crippen LogP contribution in [0.1, 0.15) is 45.7 Å². The molecule has 5 heteroatoms. The molecule has 1 fully saturated rings. The monoisotopic (exact) mass is 346 g/mol. The second-order valence-corrected chi connectivity index (χ2v) is 7.13. The maximum atomic E-state index is 11.6. The lowest BCUT2D eigenvalue weighted by molar-refractivity contribution is 0.0999. The van der Waals surface area contributed by atoms with Gasteiger partial charge in [-0.3, -0.25) is 4.79 Å². The van der Waals surface area contributed by atoms with Crippen LogP contribution in [-0.4, -0.2) is 20.7 Å². The molecule has 0 radical (unpaired) electrons. The van der Waals surface area contributed by atoms with Crippen molar-refractivity contribution in [2.45, 2.75) is 32.1 Å². The van der Waals surface area contributed by atoms with Crippen LogP contribution in [0.3, 0.4) is 0 Å². The molecule has 1 aromatic heterocycles. The van der Waals surface area contributed by atoms with Crippen molar-refractivity contribution < 1.29 is 4.79 Å². The van der Waals surface area contributed by atoms with Crippen molar-refractivity contribution in [1.29, 1.82) is 0 Å². The third-order valence-electron chi connectivity index (χ3n) is 5.67. The van der Waals surface area contributed by atoms with Gasteiger partial charge in [-0.05, 0) is 49.4 Å². The van der Waals surface area contributed by atoms with Gasteiger partial charge in [0, 0.05) is 18.2 Å². The van der Waals surface area contributed by atoms with Crippen molar-refractivity contribution in [3.8, 4) is 11.4 Å². The number of primary amides is 1. The van der Waals surface area contributed by atoms with Crippen LogP contribution in [0.15, 0.2) is 42.5 Å². The second kappa shape index (κ2) is 5.80. The fraction of sp³-hybridized carbons (Fsp3) is 0.286. The molecule has 1 aliphatic rings. The predicted octanol–water partition coefficient (Wildman–Crippen LogP) is 3.28. The topological polar surface area (TPSA) is 73.8 Å². The number of benzene rings is 2. The van der Waals surface area contributed by atoms with Gasteiger partial charge in [0.1, 0.15) is 5.82 Å². The van der Waals surface area contributed by atoms with Gasteiger partial charge in [-0.25, -0.2) is 0 Å². The minimum absolute atomic E-state index is 0.0304. The molecule has 0 bridgehead atoms. The number of rotatable bonds is 4. The third-order valence-corrected chi connectivity index (χ3v) is 5.67. The number of carbonyl (C=O) groups excluding carboxylic acids is 1. The van der Waals surface area contributed by atoms with Gasteiger partial charge in [-0.1, -0.05) is 36.4 Å². The number of amides is 1. The molecule has 132 valence electrons. The standard InChI is InChI=1S/C21H22N4O/c1-13-14(2)17(10-9-16(13)18(22)26)19-23-24-20(25(19)3)21(11-12-21)15-7-5-4-6-8-15/h4-10H,11-12H2,1-3H3,(H2,22,26). The van der Waals surface area contributed by atoms with Crippen LogP contribution in [-0.2, 0) is 12.5 Å². The fourth-order valence-electron chi connectivity index (χ4n) is 3.83. The van der Waals surface area contributed by atoms with Crippen LogP contribution in [0.4, 0.5) is 0 Å². The number of carbonyl (C=O) groups is 1. The maximum Gasteiger partial charge on any atom is 0.248 e. The molecule has 1 heterocycles. The number of aromatic nitrogens is 3. The molecular weight excluding hydrogens is 324 g/mol. The minimum Gasteiger partial charge on any atom is -0.366 e. The van der Waals surface area contributed by atoms with Gasteiger partial charge in [0.2, 0.25) is 5.91 Å². The zero-order chi connectivity index (χ0) is 18.5. The van der Waals surface area contributed by atoms with Crippen LogP contribution in [0.25, 0.3) is 11.4 Å². The molecule has 0 spiro atoms. The van der Waals surface area contributed by atoms with Gasteiger partial charge in [-0.2, -0.15) is 0 Å². The Hall–Kier alpha value is -2.95. The van der Waals surface area contributed by atoms with Crippen molar-refractivity contribution in [1.82, 2.24) is 14.8 Å². The Labute approximate surface area is 152 Å². The Morgan fingerprint density at radius 3 is 2.35 bits per heavy atom. The summed E-state index contributed by atoms with van der Waals surface area (Å²) in [6, 6.07) is 14.2. The normalized spacial score (nSPS) is 15.0. The van der Waals surface area contributed by atoms with E-state index in [0.717, 1.165) is 41.2 Å². The Balaban J connectivity index is 1.81. The minimum atomic E-state index is -0.406. The Morgan fingerprint density at radius 2 is 1.73 bits per heavy atom. The van der Waals surface area contributed by atoms with E-state index in [1.165, 1.54) is 5.56 Å². The lowest BCUT2D eigenvalue weighted by Crippen LogP contribution is -2.16. The molecular formula is C21H22N4O. The molecule has 1 amide bonds. The third kappa shape index (κ3) is 2.35. The average Bonchev–Trinajstić information content (AvgIpc) is 3.35. The Kier molecular flexibility index (Phi) is 3.68. The summed E-state index contributed by atoms with van der Waals surface area (Å²) in [5.74, 6) is 1.41. The van der Waals surface area contributed by atoms with Crippen molar-refractivity contribution in [2.75, 3.05) is 0 Å². The summed E-state index contributed by atoms with van der Waals surface area (Å²) in [6.07, 6.45) is 2.17. The van der Waals surface area contributed by atoms with Crippen LogP contribution in [0.5, 0.6) is 0 Å². The molecule has 0 aliphatic heterocycles. The SMILES string of the molecule is Cc1c(C(N)=O)ccc(-c2nnc(C3(c4ccccc4)CC3)n2C)c1C. The highest BCUT2D eigenvalue weighted by Crippen LogP contribution is 2.53. The highest BCUT2D eigenvalue weighted by molar-refractivity contribution is 5.95. The van der Waals surface area contributed by atoms with Crippen LogP contribution in [0.2, 0.25) is 0 Å². The lowest BCUT2D eigenvalue weighted by atomic mass is 9.94. The highest BCUT2D eigenvalue weighted by Gasteiger charge is 2.49. The van der Waals surface area contributed by atoms with E-state index in [9.17, 15) is 4.79 Å². The molecule has 4 rings (SSSR count). The van der Waals surface area contributed by atoms with Gasteiger partial charge in [0.05, 0.1) is 5.41 Å². The van der Waals surface area contributed by atoms with E-state index in [-0.39, 0.29) is 5.41 Å². The molecule has 2 N–H and O–H groups in total. The van der Waals surface area contributed by atoms with E-state index in [0.29, 0.717) is 5.56 Å². The fourth-order valence-corrected chi connectivity index (χ4v) is 3.83. The van der Waals surface area contributed by atoms with Gasteiger partial charge < -0.3 is 10.3 Å². The molecule has 1 aliphatic carbocycles. The number of nitrogens with zero attached hydrogens (tertiary/aromatic N) is 3. The number of hydrogen-bond donors (Lipinski definition) is 1. The maximum absolute atomic E-state index is 11.6. The first-order valence-corrected chi connectivity index (χ1v) is 8.81. The predicted molar refractivity (Wildman–Crippen MR) is 101 cm³/mol. The molecule has 3 aromatic rings. The van der Waals surface area contributed by atoms with Crippen LogP contribution < -0.4 is 5.73 Å². The van der Waals surface area contributed by atoms with Gasteiger partial charge in [0.15, 0.2) is 5.82 Å². The van der Waals surface area contributed by atoms with E-state index < -0.39 is 5.91 Å². The van der Waals surface area contributed by atoms with E-state index in [4.69, 9.17) is 5.73 Å². The van der Waals surface area contributed by atoms with Crippen molar-refractivity contribution in [2.24, 2.45) is 12.8 Å². The zero-order valence-electron chi connectivity index (χ0n) is 15.3. The quantitative estimate of drug-likeness (QED) is 0.788. The van der Waals surface area contributed by atoms with Crippen LogP contribution >= 0.6 is 0 Å². The Bertz CT molecular complexity index is 1000.